The number of amides is 1. The minimum atomic E-state index is -0.120. The van der Waals surface area contributed by atoms with Crippen LogP contribution in [0.4, 0.5) is 5.95 Å². The largest absolute Gasteiger partial charge is 0.375 e. The number of aromatic amines is 2. The van der Waals surface area contributed by atoms with E-state index in [1.807, 2.05) is 59.3 Å². The van der Waals surface area contributed by atoms with Gasteiger partial charge in [-0.1, -0.05) is 18.2 Å². The lowest BCUT2D eigenvalue weighted by Gasteiger charge is -2.21. The van der Waals surface area contributed by atoms with Gasteiger partial charge in [0, 0.05) is 18.7 Å². The number of hydrogen-bond donors (Lipinski definition) is 2. The smallest absolute Gasteiger partial charge is 0.363 e. The van der Waals surface area contributed by atoms with E-state index in [0.29, 0.717) is 25.5 Å². The van der Waals surface area contributed by atoms with Crippen molar-refractivity contribution in [2.75, 3.05) is 31.2 Å². The molecule has 3 aromatic heterocycles. The molecule has 1 aliphatic heterocycles. The number of nitrogens with one attached hydrogen (secondary N) is 3. The second-order valence-corrected chi connectivity index (χ2v) is 7.11. The summed E-state index contributed by atoms with van der Waals surface area (Å²) in [5.74, 6) is 0.791. The number of ether oxygens (including phenoxy) is 1. The van der Waals surface area contributed by atoms with Gasteiger partial charge in [-0.2, -0.15) is 0 Å². The van der Waals surface area contributed by atoms with Crippen LogP contribution in [-0.2, 0) is 11.3 Å². The maximum Gasteiger partial charge on any atom is 0.363 e. The number of pyridine rings is 2. The van der Waals surface area contributed by atoms with Gasteiger partial charge in [-0.05, 0) is 23.8 Å². The average Bonchev–Trinajstić information content (AvgIpc) is 3.18. The van der Waals surface area contributed by atoms with Crippen molar-refractivity contribution >= 4 is 28.3 Å². The van der Waals surface area contributed by atoms with Crippen molar-refractivity contribution in [2.24, 2.45) is 0 Å². The second-order valence-electron chi connectivity index (χ2n) is 7.11. The third kappa shape index (κ3) is 3.30. The van der Waals surface area contributed by atoms with Crippen molar-refractivity contribution in [1.29, 1.82) is 0 Å². The quantitative estimate of drug-likeness (QED) is 0.519. The maximum atomic E-state index is 13.1. The Morgan fingerprint density at radius 3 is 2.86 bits per heavy atom. The molecule has 146 valence electrons. The van der Waals surface area contributed by atoms with E-state index in [1.54, 1.807) is 0 Å². The van der Waals surface area contributed by atoms with Crippen molar-refractivity contribution in [3.05, 3.63) is 72.2 Å². The summed E-state index contributed by atoms with van der Waals surface area (Å²) in [7, 11) is 0. The van der Waals surface area contributed by atoms with Crippen molar-refractivity contribution in [2.45, 2.75) is 6.54 Å². The molecule has 7 heteroatoms. The highest BCUT2D eigenvalue weighted by atomic mass is 16.5. The highest BCUT2D eigenvalue weighted by Gasteiger charge is 2.28. The number of fused-ring (bicyclic) bond motifs is 2. The summed E-state index contributed by atoms with van der Waals surface area (Å²) in [6.07, 6.45) is 3.88. The van der Waals surface area contributed by atoms with E-state index in [4.69, 9.17) is 4.74 Å². The van der Waals surface area contributed by atoms with Crippen LogP contribution in [0.25, 0.3) is 16.4 Å². The Balaban J connectivity index is 1.43. The second kappa shape index (κ2) is 7.52. The minimum Gasteiger partial charge on any atom is -0.375 e. The van der Waals surface area contributed by atoms with Crippen molar-refractivity contribution in [3.63, 3.8) is 0 Å². The van der Waals surface area contributed by atoms with E-state index in [1.165, 1.54) is 0 Å². The van der Waals surface area contributed by atoms with E-state index in [2.05, 4.69) is 26.3 Å². The van der Waals surface area contributed by atoms with Crippen LogP contribution in [-0.4, -0.2) is 37.2 Å². The first-order chi connectivity index (χ1) is 14.3. The Bertz CT molecular complexity index is 1170. The molecule has 0 aliphatic carbocycles. The van der Waals surface area contributed by atoms with E-state index in [0.717, 1.165) is 41.0 Å². The summed E-state index contributed by atoms with van der Waals surface area (Å²) in [5, 5.41) is 4.18. The van der Waals surface area contributed by atoms with Gasteiger partial charge in [-0.15, -0.1) is 0 Å². The lowest BCUT2D eigenvalue weighted by atomic mass is 10.1. The molecule has 3 N–H and O–H groups in total. The van der Waals surface area contributed by atoms with Gasteiger partial charge in [-0.3, -0.25) is 9.69 Å². The highest BCUT2D eigenvalue weighted by Crippen LogP contribution is 2.16. The number of morpholine rings is 1. The van der Waals surface area contributed by atoms with E-state index < -0.39 is 0 Å². The van der Waals surface area contributed by atoms with Crippen LogP contribution in [0.15, 0.2) is 60.9 Å². The number of imidazole rings is 1. The summed E-state index contributed by atoms with van der Waals surface area (Å²) < 4.78 is 7.50. The number of carbonyl (C=O) groups is 1. The van der Waals surface area contributed by atoms with Crippen LogP contribution in [0.2, 0.25) is 0 Å². The fourth-order valence-electron chi connectivity index (χ4n) is 3.88. The lowest BCUT2D eigenvalue weighted by molar-refractivity contribution is -0.497. The van der Waals surface area contributed by atoms with Gasteiger partial charge in [0.15, 0.2) is 11.7 Å². The molecule has 29 heavy (non-hydrogen) atoms. The summed E-state index contributed by atoms with van der Waals surface area (Å²) >= 11 is 0. The first kappa shape index (κ1) is 17.6. The molecule has 7 nitrogen and oxygen atoms in total. The Labute approximate surface area is 167 Å². The Morgan fingerprint density at radius 2 is 1.97 bits per heavy atom. The van der Waals surface area contributed by atoms with Gasteiger partial charge >= 0.3 is 5.95 Å². The topological polar surface area (TPSA) is 75.6 Å². The Kier molecular flexibility index (Phi) is 4.57. The van der Waals surface area contributed by atoms with Gasteiger partial charge in [0.25, 0.3) is 5.91 Å². The van der Waals surface area contributed by atoms with Crippen LogP contribution >= 0.6 is 0 Å². The number of benzene rings is 1. The molecule has 5 rings (SSSR count). The fraction of sp³-hybridized carbons (Fsp3) is 0.227. The molecule has 1 amide bonds. The Hall–Kier alpha value is -3.45. The zero-order chi connectivity index (χ0) is 19.6. The van der Waals surface area contributed by atoms with E-state index in [-0.39, 0.29) is 5.91 Å². The van der Waals surface area contributed by atoms with Gasteiger partial charge in [0.2, 0.25) is 11.2 Å². The molecular formula is C22H23N5O2+2. The van der Waals surface area contributed by atoms with Crippen molar-refractivity contribution in [3.8, 4) is 0 Å². The van der Waals surface area contributed by atoms with Crippen LogP contribution in [0, 0.1) is 0 Å². The molecule has 0 atom stereocenters. The first-order valence-corrected chi connectivity index (χ1v) is 9.83. The summed E-state index contributed by atoms with van der Waals surface area (Å²) in [6.45, 7) is 3.43. The number of hydrogen-bond acceptors (Lipinski definition) is 3. The third-order valence-electron chi connectivity index (χ3n) is 5.35. The molecule has 1 aromatic carbocycles. The molecule has 0 unspecified atom stereocenters. The third-order valence-corrected chi connectivity index (χ3v) is 5.35. The molecular weight excluding hydrogens is 366 g/mol. The van der Waals surface area contributed by atoms with Gasteiger partial charge < -0.3 is 10.1 Å². The summed E-state index contributed by atoms with van der Waals surface area (Å²) in [5.41, 5.74) is 3.55. The zero-order valence-electron chi connectivity index (χ0n) is 16.0. The van der Waals surface area contributed by atoms with Crippen LogP contribution in [0.5, 0.6) is 0 Å². The maximum absolute atomic E-state index is 13.1. The first-order valence-electron chi connectivity index (χ1n) is 9.83. The van der Waals surface area contributed by atoms with Crippen molar-refractivity contribution in [1.82, 2.24) is 10.3 Å². The molecule has 0 radical (unpaired) electrons. The number of rotatable bonds is 4. The molecule has 0 spiro atoms. The van der Waals surface area contributed by atoms with Crippen LogP contribution in [0.3, 0.4) is 0 Å². The molecule has 0 saturated carbocycles. The molecule has 4 aromatic rings. The number of aromatic nitrogens is 3. The SMILES string of the molecule is O=C(NCc1cc[nH+]c2ccccc12)c1[nH]c(N2CCOCC2)[n+]2ccccc12. The summed E-state index contributed by atoms with van der Waals surface area (Å²) in [4.78, 5) is 21.9. The normalized spacial score (nSPS) is 14.4. The molecule has 4 heterocycles. The van der Waals surface area contributed by atoms with E-state index >= 15 is 0 Å². The van der Waals surface area contributed by atoms with Crippen molar-refractivity contribution < 1.29 is 18.9 Å². The van der Waals surface area contributed by atoms with Crippen LogP contribution in [0.1, 0.15) is 16.1 Å². The standard InChI is InChI=1S/C22H21N5O2/c28-21(24-15-16-8-9-23-18-6-2-1-5-17(16)18)20-19-7-3-4-10-27(19)22(25-20)26-11-13-29-14-12-26/h1-10H,11-15H2,(H,24,28)/p+2. The molecule has 0 bridgehead atoms. The lowest BCUT2D eigenvalue weighted by Crippen LogP contribution is -2.41. The monoisotopic (exact) mass is 389 g/mol. The van der Waals surface area contributed by atoms with E-state index in [9.17, 15) is 4.79 Å². The molecule has 1 saturated heterocycles. The average molecular weight is 389 g/mol. The fourth-order valence-corrected chi connectivity index (χ4v) is 3.88. The number of H-pyrrole nitrogens is 2. The Morgan fingerprint density at radius 1 is 1.14 bits per heavy atom. The zero-order valence-corrected chi connectivity index (χ0v) is 16.0. The van der Waals surface area contributed by atoms with Gasteiger partial charge in [-0.25, -0.2) is 14.4 Å². The number of para-hydroxylation sites is 1. The molecule has 1 aliphatic rings. The van der Waals surface area contributed by atoms with Gasteiger partial charge in [0.05, 0.1) is 37.9 Å². The number of anilines is 1. The predicted octanol–water partition coefficient (Wildman–Crippen LogP) is 1.49. The number of nitrogens with zero attached hydrogens (tertiary/aromatic N) is 2. The minimum absolute atomic E-state index is 0.120. The predicted molar refractivity (Wildman–Crippen MR) is 109 cm³/mol. The molecule has 1 fully saturated rings. The number of carbonyl (C=O) groups excluding carboxylic acids is 1. The van der Waals surface area contributed by atoms with Crippen LogP contribution < -0.4 is 19.6 Å². The van der Waals surface area contributed by atoms with Gasteiger partial charge in [0.1, 0.15) is 0 Å². The highest BCUT2D eigenvalue weighted by molar-refractivity contribution is 5.98. The summed E-state index contributed by atoms with van der Waals surface area (Å²) in [6, 6.07) is 16.0.